The van der Waals surface area contributed by atoms with Crippen LogP contribution in [0.3, 0.4) is 0 Å². The highest BCUT2D eigenvalue weighted by molar-refractivity contribution is 5.23. The van der Waals surface area contributed by atoms with E-state index in [9.17, 15) is 0 Å². The monoisotopic (exact) mass is 181 g/mol. The van der Waals surface area contributed by atoms with Crippen LogP contribution in [0.2, 0.25) is 0 Å². The molecule has 0 unspecified atom stereocenters. The Morgan fingerprint density at radius 1 is 1.15 bits per heavy atom. The fourth-order valence-corrected chi connectivity index (χ4v) is 0.324. The zero-order valence-corrected chi connectivity index (χ0v) is 9.29. The van der Waals surface area contributed by atoms with E-state index in [1.165, 1.54) is 0 Å². The molecule has 0 aliphatic rings. The van der Waals surface area contributed by atoms with Crippen molar-refractivity contribution in [3.8, 4) is 0 Å². The smallest absolute Gasteiger partial charge is 0.0560 e. The van der Waals surface area contributed by atoms with Crippen molar-refractivity contribution in [1.82, 2.24) is 0 Å². The summed E-state index contributed by atoms with van der Waals surface area (Å²) in [6, 6.07) is 0. The third kappa shape index (κ3) is 56.9. The molecule has 76 valence electrons. The molecule has 0 saturated carbocycles. The van der Waals surface area contributed by atoms with Crippen molar-refractivity contribution in [1.29, 1.82) is 0 Å². The lowest BCUT2D eigenvalue weighted by Gasteiger charge is -1.69. The lowest BCUT2D eigenvalue weighted by Crippen LogP contribution is -1.60. The number of nitrogens with zero attached hydrogens (tertiary/aromatic N) is 1. The number of rotatable bonds is 4. The minimum atomic E-state index is 0.667. The van der Waals surface area contributed by atoms with Crippen molar-refractivity contribution in [2.45, 2.75) is 27.2 Å². The highest BCUT2D eigenvalue weighted by Gasteiger charge is 1.57. The van der Waals surface area contributed by atoms with Crippen LogP contribution in [0.5, 0.6) is 0 Å². The molecule has 0 aliphatic carbocycles. The quantitative estimate of drug-likeness (QED) is 0.458. The fourth-order valence-electron chi connectivity index (χ4n) is 0.324. The van der Waals surface area contributed by atoms with Gasteiger partial charge in [0.1, 0.15) is 0 Å². The molecule has 0 heterocycles. The van der Waals surface area contributed by atoms with Crippen molar-refractivity contribution in [3.63, 3.8) is 0 Å². The van der Waals surface area contributed by atoms with E-state index in [1.807, 2.05) is 32.9 Å². The summed E-state index contributed by atoms with van der Waals surface area (Å²) in [5, 5.41) is 0. The first kappa shape index (κ1) is 17.8. The molecule has 0 aromatic rings. The maximum atomic E-state index is 3.55. The van der Waals surface area contributed by atoms with Gasteiger partial charge in [0, 0.05) is 0 Å². The van der Waals surface area contributed by atoms with Crippen LogP contribution in [-0.2, 0) is 0 Å². The Morgan fingerprint density at radius 2 is 1.69 bits per heavy atom. The topological polar surface area (TPSA) is 12.4 Å². The first-order valence-corrected chi connectivity index (χ1v) is 4.58. The number of hydrogen-bond donors (Lipinski definition) is 0. The van der Waals surface area contributed by atoms with E-state index in [0.29, 0.717) is 6.54 Å². The maximum Gasteiger partial charge on any atom is 0.0560 e. The van der Waals surface area contributed by atoms with E-state index < -0.39 is 0 Å². The van der Waals surface area contributed by atoms with Crippen LogP contribution in [0.25, 0.3) is 0 Å². The second kappa shape index (κ2) is 30.7. The lowest BCUT2D eigenvalue weighted by molar-refractivity contribution is 1.28. The standard InChI is InChI=1S/C6H10.C4H7N.C2H6/c1-3-5-6-4-2;1-3-4-5-2;1-2/h3-4,6H,1,5H2,2H3;3H,1-2,4H2;1-2H3/b6-4-;;. The van der Waals surface area contributed by atoms with E-state index in [4.69, 9.17) is 0 Å². The average molecular weight is 181 g/mol. The van der Waals surface area contributed by atoms with E-state index in [1.54, 1.807) is 6.08 Å². The fraction of sp³-hybridized carbons (Fsp3) is 0.417. The molecule has 0 saturated heterocycles. The molecule has 1 heteroatoms. The Morgan fingerprint density at radius 3 is 1.77 bits per heavy atom. The SMILES string of the molecule is C=CC/C=C\C.C=CCN=C.CC. The van der Waals surface area contributed by atoms with Crippen LogP contribution in [0.1, 0.15) is 27.2 Å². The summed E-state index contributed by atoms with van der Waals surface area (Å²) in [5.74, 6) is 0. The van der Waals surface area contributed by atoms with Crippen LogP contribution in [0.4, 0.5) is 0 Å². The Hall–Kier alpha value is -1.11. The van der Waals surface area contributed by atoms with E-state index in [0.717, 1.165) is 6.42 Å². The van der Waals surface area contributed by atoms with Gasteiger partial charge in [-0.2, -0.15) is 0 Å². The third-order valence-corrected chi connectivity index (χ3v) is 0.797. The second-order valence-electron chi connectivity index (χ2n) is 1.79. The zero-order valence-electron chi connectivity index (χ0n) is 9.29. The molecule has 0 atom stereocenters. The Balaban J connectivity index is -0.000000131. The van der Waals surface area contributed by atoms with Gasteiger partial charge < -0.3 is 0 Å². The lowest BCUT2D eigenvalue weighted by atomic mass is 10.4. The highest BCUT2D eigenvalue weighted by Crippen LogP contribution is 1.78. The largest absolute Gasteiger partial charge is 0.297 e. The molecule has 13 heavy (non-hydrogen) atoms. The summed E-state index contributed by atoms with van der Waals surface area (Å²) in [7, 11) is 0. The van der Waals surface area contributed by atoms with Gasteiger partial charge in [0.2, 0.25) is 0 Å². The van der Waals surface area contributed by atoms with Gasteiger partial charge in [-0.3, -0.25) is 4.99 Å². The Kier molecular flexibility index (Phi) is 42.1. The minimum Gasteiger partial charge on any atom is -0.297 e. The van der Waals surface area contributed by atoms with Crippen molar-refractivity contribution < 1.29 is 0 Å². The van der Waals surface area contributed by atoms with Gasteiger partial charge >= 0.3 is 0 Å². The molecule has 0 amide bonds. The van der Waals surface area contributed by atoms with Gasteiger partial charge in [-0.25, -0.2) is 0 Å². The van der Waals surface area contributed by atoms with Crippen LogP contribution < -0.4 is 0 Å². The summed E-state index contributed by atoms with van der Waals surface area (Å²) in [6.45, 7) is 16.9. The molecular formula is C12H23N. The van der Waals surface area contributed by atoms with Crippen LogP contribution in [0.15, 0.2) is 42.5 Å². The van der Waals surface area contributed by atoms with Crippen molar-refractivity contribution in [2.24, 2.45) is 4.99 Å². The summed E-state index contributed by atoms with van der Waals surface area (Å²) in [5.41, 5.74) is 0. The van der Waals surface area contributed by atoms with Gasteiger partial charge in [-0.15, -0.1) is 13.2 Å². The van der Waals surface area contributed by atoms with Crippen LogP contribution in [0, 0.1) is 0 Å². The van der Waals surface area contributed by atoms with Gasteiger partial charge in [-0.05, 0) is 20.1 Å². The minimum absolute atomic E-state index is 0.667. The third-order valence-electron chi connectivity index (χ3n) is 0.797. The molecule has 0 N–H and O–H groups in total. The molecular weight excluding hydrogens is 158 g/mol. The molecule has 0 bridgehead atoms. The van der Waals surface area contributed by atoms with Gasteiger partial charge in [0.25, 0.3) is 0 Å². The first-order valence-electron chi connectivity index (χ1n) is 4.58. The van der Waals surface area contributed by atoms with Crippen molar-refractivity contribution >= 4 is 6.72 Å². The summed E-state index contributed by atoms with van der Waals surface area (Å²) in [6.07, 6.45) is 8.65. The highest BCUT2D eigenvalue weighted by atomic mass is 14.6. The number of allylic oxidation sites excluding steroid dienone is 3. The number of hydrogen-bond acceptors (Lipinski definition) is 1. The van der Waals surface area contributed by atoms with Crippen LogP contribution in [-0.4, -0.2) is 13.3 Å². The molecule has 0 radical (unpaired) electrons. The Bertz CT molecular complexity index is 117. The summed E-state index contributed by atoms with van der Waals surface area (Å²) in [4.78, 5) is 3.49. The maximum absolute atomic E-state index is 3.55. The van der Waals surface area contributed by atoms with E-state index >= 15 is 0 Å². The normalized spacial score (nSPS) is 7.31. The first-order chi connectivity index (χ1) is 6.33. The molecule has 0 aromatic heterocycles. The number of aliphatic imine (C=N–C) groups is 1. The van der Waals surface area contributed by atoms with Crippen molar-refractivity contribution in [2.75, 3.05) is 6.54 Å². The molecule has 1 nitrogen and oxygen atoms in total. The molecule has 0 aromatic carbocycles. The summed E-state index contributed by atoms with van der Waals surface area (Å²) >= 11 is 0. The predicted molar refractivity (Wildman–Crippen MR) is 65.6 cm³/mol. The molecule has 0 spiro atoms. The van der Waals surface area contributed by atoms with Gasteiger partial charge in [-0.1, -0.05) is 38.2 Å². The molecule has 0 rings (SSSR count). The van der Waals surface area contributed by atoms with Crippen molar-refractivity contribution in [3.05, 3.63) is 37.5 Å². The average Bonchev–Trinajstić information content (AvgIpc) is 2.20. The van der Waals surface area contributed by atoms with E-state index in [-0.39, 0.29) is 0 Å². The van der Waals surface area contributed by atoms with Gasteiger partial charge in [0.15, 0.2) is 0 Å². The van der Waals surface area contributed by atoms with Crippen LogP contribution >= 0.6 is 0 Å². The summed E-state index contributed by atoms with van der Waals surface area (Å²) < 4.78 is 0. The Labute approximate surface area is 83.6 Å². The second-order valence-corrected chi connectivity index (χ2v) is 1.79. The van der Waals surface area contributed by atoms with Gasteiger partial charge in [0.05, 0.1) is 6.54 Å². The molecule has 0 fully saturated rings. The zero-order chi connectivity index (χ0) is 10.9. The predicted octanol–water partition coefficient (Wildman–Crippen LogP) is 4.04. The van der Waals surface area contributed by atoms with E-state index in [2.05, 4.69) is 30.9 Å². The molecule has 0 aliphatic heterocycles.